The van der Waals surface area contributed by atoms with Crippen molar-refractivity contribution in [3.05, 3.63) is 18.0 Å². The molecular formula is C12H14N2O4. The molecule has 1 rings (SSSR count). The largest absolute Gasteiger partial charge is 0.462 e. The van der Waals surface area contributed by atoms with Gasteiger partial charge in [-0.3, -0.25) is 14.3 Å². The number of carbonyl (C=O) groups excluding carboxylic acids is 2. The van der Waals surface area contributed by atoms with Crippen molar-refractivity contribution in [2.24, 2.45) is 0 Å². The average molecular weight is 250 g/mol. The van der Waals surface area contributed by atoms with Crippen LogP contribution in [0.5, 0.6) is 0 Å². The summed E-state index contributed by atoms with van der Waals surface area (Å²) in [4.78, 5) is 21.7. The van der Waals surface area contributed by atoms with E-state index in [2.05, 4.69) is 11.0 Å². The van der Waals surface area contributed by atoms with Gasteiger partial charge in [0.2, 0.25) is 0 Å². The summed E-state index contributed by atoms with van der Waals surface area (Å²) in [6.07, 6.45) is 7.80. The van der Waals surface area contributed by atoms with Crippen LogP contribution in [0.1, 0.15) is 19.4 Å². The summed E-state index contributed by atoms with van der Waals surface area (Å²) in [6.45, 7) is 2.83. The molecule has 1 heterocycles. The molecule has 18 heavy (non-hydrogen) atoms. The lowest BCUT2D eigenvalue weighted by atomic mass is 10.3. The van der Waals surface area contributed by atoms with Crippen LogP contribution in [0.25, 0.3) is 0 Å². The minimum Gasteiger partial charge on any atom is -0.462 e. The van der Waals surface area contributed by atoms with Gasteiger partial charge in [0, 0.05) is 20.0 Å². The van der Waals surface area contributed by atoms with Gasteiger partial charge in [0.15, 0.2) is 6.10 Å². The lowest BCUT2D eigenvalue weighted by molar-refractivity contribution is -0.157. The van der Waals surface area contributed by atoms with Crippen LogP contribution in [0.15, 0.2) is 12.4 Å². The zero-order valence-corrected chi connectivity index (χ0v) is 10.3. The number of rotatable bonds is 5. The number of carbonyl (C=O) groups is 2. The number of hydrogen-bond acceptors (Lipinski definition) is 5. The fourth-order valence-corrected chi connectivity index (χ4v) is 1.32. The number of ether oxygens (including phenoxy) is 2. The van der Waals surface area contributed by atoms with Crippen LogP contribution in [-0.4, -0.2) is 34.4 Å². The molecule has 6 heteroatoms. The lowest BCUT2D eigenvalue weighted by Gasteiger charge is -2.16. The van der Waals surface area contributed by atoms with Gasteiger partial charge in [0.25, 0.3) is 0 Å². The molecule has 1 atom stereocenters. The van der Waals surface area contributed by atoms with Gasteiger partial charge in [0.1, 0.15) is 6.61 Å². The highest BCUT2D eigenvalue weighted by atomic mass is 16.6. The monoisotopic (exact) mass is 250 g/mol. The van der Waals surface area contributed by atoms with E-state index < -0.39 is 18.0 Å². The van der Waals surface area contributed by atoms with Crippen LogP contribution in [0.3, 0.4) is 0 Å². The molecule has 1 aromatic heterocycles. The standard InChI is InChI=1S/C12H14N2O4/c1-4-11-5-13-14(6-11)7-12(18-10(3)16)8-17-9(2)15/h1,5-6,12H,7-8H2,2-3H3/t12-/m0/s1. The zero-order valence-electron chi connectivity index (χ0n) is 10.3. The molecule has 0 bridgehead atoms. The Balaban J connectivity index is 2.62. The number of hydrogen-bond donors (Lipinski definition) is 0. The third-order valence-corrected chi connectivity index (χ3v) is 2.00. The third kappa shape index (κ3) is 4.70. The van der Waals surface area contributed by atoms with Gasteiger partial charge in [-0.15, -0.1) is 6.42 Å². The summed E-state index contributed by atoms with van der Waals surface area (Å²) in [5.74, 6) is 1.55. The zero-order chi connectivity index (χ0) is 13.5. The van der Waals surface area contributed by atoms with Gasteiger partial charge < -0.3 is 9.47 Å². The summed E-state index contributed by atoms with van der Waals surface area (Å²) in [5.41, 5.74) is 0.629. The van der Waals surface area contributed by atoms with Gasteiger partial charge in [-0.2, -0.15) is 5.10 Å². The number of terminal acetylenes is 1. The Hall–Kier alpha value is -2.29. The van der Waals surface area contributed by atoms with Crippen LogP contribution in [-0.2, 0) is 25.6 Å². The molecule has 0 amide bonds. The van der Waals surface area contributed by atoms with E-state index in [-0.39, 0.29) is 13.2 Å². The van der Waals surface area contributed by atoms with E-state index >= 15 is 0 Å². The van der Waals surface area contributed by atoms with Crippen LogP contribution in [0.4, 0.5) is 0 Å². The maximum Gasteiger partial charge on any atom is 0.303 e. The van der Waals surface area contributed by atoms with Crippen molar-refractivity contribution in [2.75, 3.05) is 6.61 Å². The second-order valence-corrected chi connectivity index (χ2v) is 3.63. The van der Waals surface area contributed by atoms with Crippen molar-refractivity contribution in [1.82, 2.24) is 9.78 Å². The first-order valence-corrected chi connectivity index (χ1v) is 5.31. The molecule has 1 aromatic rings. The predicted octanol–water partition coefficient (Wildman–Crippen LogP) is 0.359. The lowest BCUT2D eigenvalue weighted by Crippen LogP contribution is -2.28. The Kier molecular flexibility index (Phi) is 4.93. The Morgan fingerprint density at radius 2 is 2.22 bits per heavy atom. The molecule has 0 aromatic carbocycles. The number of esters is 2. The van der Waals surface area contributed by atoms with Crippen molar-refractivity contribution >= 4 is 11.9 Å². The van der Waals surface area contributed by atoms with Gasteiger partial charge in [-0.05, 0) is 0 Å². The van der Waals surface area contributed by atoms with Crippen LogP contribution < -0.4 is 0 Å². The molecule has 0 spiro atoms. The fraction of sp³-hybridized carbons (Fsp3) is 0.417. The highest BCUT2D eigenvalue weighted by molar-refractivity contribution is 5.67. The summed E-state index contributed by atoms with van der Waals surface area (Å²) in [5, 5.41) is 4.00. The Bertz CT molecular complexity index is 473. The smallest absolute Gasteiger partial charge is 0.303 e. The van der Waals surface area contributed by atoms with Gasteiger partial charge in [-0.25, -0.2) is 0 Å². The SMILES string of the molecule is C#Cc1cnn(C[C@@H](COC(C)=O)OC(C)=O)c1. The maximum absolute atomic E-state index is 10.9. The first-order valence-electron chi connectivity index (χ1n) is 5.31. The molecule has 0 unspecified atom stereocenters. The minimum absolute atomic E-state index is 0.0137. The second-order valence-electron chi connectivity index (χ2n) is 3.63. The summed E-state index contributed by atoms with van der Waals surface area (Å²) in [6, 6.07) is 0. The summed E-state index contributed by atoms with van der Waals surface area (Å²) in [7, 11) is 0. The van der Waals surface area contributed by atoms with Crippen molar-refractivity contribution in [1.29, 1.82) is 0 Å². The Morgan fingerprint density at radius 1 is 1.50 bits per heavy atom. The molecule has 0 radical (unpaired) electrons. The van der Waals surface area contributed by atoms with E-state index in [1.54, 1.807) is 6.20 Å². The van der Waals surface area contributed by atoms with Crippen LogP contribution in [0.2, 0.25) is 0 Å². The van der Waals surface area contributed by atoms with E-state index in [9.17, 15) is 9.59 Å². The van der Waals surface area contributed by atoms with Gasteiger partial charge in [-0.1, -0.05) is 5.92 Å². The van der Waals surface area contributed by atoms with E-state index in [0.29, 0.717) is 5.56 Å². The van der Waals surface area contributed by atoms with Crippen LogP contribution >= 0.6 is 0 Å². The molecule has 0 aliphatic heterocycles. The topological polar surface area (TPSA) is 70.4 Å². The molecule has 0 aliphatic carbocycles. The molecule has 0 aliphatic rings. The molecule has 0 fully saturated rings. The van der Waals surface area contributed by atoms with Gasteiger partial charge in [0.05, 0.1) is 18.3 Å². The van der Waals surface area contributed by atoms with Crippen molar-refractivity contribution in [3.8, 4) is 12.3 Å². The quantitative estimate of drug-likeness (QED) is 0.557. The second kappa shape index (κ2) is 6.45. The fourth-order valence-electron chi connectivity index (χ4n) is 1.32. The van der Waals surface area contributed by atoms with Crippen molar-refractivity contribution < 1.29 is 19.1 Å². The Morgan fingerprint density at radius 3 is 2.72 bits per heavy atom. The third-order valence-electron chi connectivity index (χ3n) is 2.00. The van der Waals surface area contributed by atoms with Crippen molar-refractivity contribution in [2.45, 2.75) is 26.5 Å². The maximum atomic E-state index is 10.9. The van der Waals surface area contributed by atoms with E-state index in [4.69, 9.17) is 15.9 Å². The molecule has 0 saturated carbocycles. The summed E-state index contributed by atoms with van der Waals surface area (Å²) >= 11 is 0. The minimum atomic E-state index is -0.586. The molecule has 96 valence electrons. The highest BCUT2D eigenvalue weighted by Gasteiger charge is 2.15. The van der Waals surface area contributed by atoms with E-state index in [1.807, 2.05) is 0 Å². The normalized spacial score (nSPS) is 11.4. The molecule has 0 saturated heterocycles. The van der Waals surface area contributed by atoms with Gasteiger partial charge >= 0.3 is 11.9 Å². The first kappa shape index (κ1) is 13.8. The number of aromatic nitrogens is 2. The average Bonchev–Trinajstić information content (AvgIpc) is 2.73. The van der Waals surface area contributed by atoms with Crippen molar-refractivity contribution in [3.63, 3.8) is 0 Å². The first-order chi connectivity index (χ1) is 8.51. The summed E-state index contributed by atoms with van der Waals surface area (Å²) < 4.78 is 11.4. The van der Waals surface area contributed by atoms with Crippen LogP contribution in [0, 0.1) is 12.3 Å². The molecular weight excluding hydrogens is 236 g/mol. The highest BCUT2D eigenvalue weighted by Crippen LogP contribution is 2.02. The van der Waals surface area contributed by atoms with E-state index in [0.717, 1.165) is 0 Å². The van der Waals surface area contributed by atoms with E-state index in [1.165, 1.54) is 24.7 Å². The Labute approximate surface area is 105 Å². The predicted molar refractivity (Wildman–Crippen MR) is 62.3 cm³/mol. The molecule has 0 N–H and O–H groups in total. The number of nitrogens with zero attached hydrogens (tertiary/aromatic N) is 2. The molecule has 6 nitrogen and oxygen atoms in total.